The molecule has 0 bridgehead atoms. The van der Waals surface area contributed by atoms with E-state index in [1.54, 1.807) is 6.08 Å². The predicted octanol–water partition coefficient (Wildman–Crippen LogP) is 2.70. The molecular weight excluding hydrogens is 204 g/mol. The Hall–Kier alpha value is -0.110. The minimum Gasteiger partial charge on any atom is -0.295 e. The maximum Gasteiger partial charge on any atom is 0.155 e. The molecule has 1 atom stereocenters. The van der Waals surface area contributed by atoms with Crippen LogP contribution in [0.3, 0.4) is 0 Å². The van der Waals surface area contributed by atoms with Crippen LogP contribution in [0.15, 0.2) is 11.6 Å². The number of hydrogen-bond donors (Lipinski definition) is 0. The molecule has 11 heavy (non-hydrogen) atoms. The highest BCUT2D eigenvalue weighted by molar-refractivity contribution is 9.09. The summed E-state index contributed by atoms with van der Waals surface area (Å²) in [5, 5.41) is 1.04. The molecule has 0 saturated carbocycles. The first-order valence-corrected chi connectivity index (χ1v) is 5.13. The fourth-order valence-electron chi connectivity index (χ4n) is 1.49. The number of rotatable bonds is 2. The Morgan fingerprint density at radius 3 is 3.00 bits per heavy atom. The number of ketones is 1. The molecule has 0 radical (unpaired) electrons. The highest BCUT2D eigenvalue weighted by Crippen LogP contribution is 2.25. The van der Waals surface area contributed by atoms with Crippen LogP contribution in [0.5, 0.6) is 0 Å². The summed E-state index contributed by atoms with van der Waals surface area (Å²) in [6, 6.07) is 0. The molecule has 0 spiro atoms. The zero-order valence-corrected chi connectivity index (χ0v) is 8.36. The summed E-state index contributed by atoms with van der Waals surface area (Å²) < 4.78 is 0. The fourth-order valence-corrected chi connectivity index (χ4v) is 2.04. The van der Waals surface area contributed by atoms with E-state index in [1.807, 2.05) is 0 Å². The Morgan fingerprint density at radius 2 is 2.45 bits per heavy atom. The monoisotopic (exact) mass is 216 g/mol. The Balaban J connectivity index is 2.57. The van der Waals surface area contributed by atoms with Crippen molar-refractivity contribution in [3.8, 4) is 0 Å². The quantitative estimate of drug-likeness (QED) is 0.650. The van der Waals surface area contributed by atoms with E-state index in [-0.39, 0.29) is 0 Å². The van der Waals surface area contributed by atoms with Crippen molar-refractivity contribution >= 4 is 21.7 Å². The molecule has 1 rings (SSSR count). The van der Waals surface area contributed by atoms with Gasteiger partial charge < -0.3 is 0 Å². The zero-order chi connectivity index (χ0) is 8.27. The minimum absolute atomic E-state index is 0.299. The lowest BCUT2D eigenvalue weighted by Crippen LogP contribution is -2.12. The van der Waals surface area contributed by atoms with Crippen LogP contribution < -0.4 is 0 Å². The van der Waals surface area contributed by atoms with Crippen LogP contribution in [0.25, 0.3) is 0 Å². The molecule has 1 aliphatic carbocycles. The van der Waals surface area contributed by atoms with Gasteiger partial charge in [-0.3, -0.25) is 4.79 Å². The SMILES string of the molecule is CC1=CC(=O)CCC1CCBr. The van der Waals surface area contributed by atoms with E-state index in [9.17, 15) is 4.79 Å². The van der Waals surface area contributed by atoms with Gasteiger partial charge >= 0.3 is 0 Å². The highest BCUT2D eigenvalue weighted by Gasteiger charge is 2.17. The van der Waals surface area contributed by atoms with E-state index >= 15 is 0 Å². The molecule has 1 nitrogen and oxygen atoms in total. The van der Waals surface area contributed by atoms with Crippen LogP contribution in [0.2, 0.25) is 0 Å². The molecule has 2 heteroatoms. The largest absolute Gasteiger partial charge is 0.295 e. The number of hydrogen-bond acceptors (Lipinski definition) is 1. The van der Waals surface area contributed by atoms with E-state index in [0.717, 1.165) is 24.6 Å². The van der Waals surface area contributed by atoms with Crippen molar-refractivity contribution in [2.45, 2.75) is 26.2 Å². The van der Waals surface area contributed by atoms with Crippen LogP contribution in [0.1, 0.15) is 26.2 Å². The fraction of sp³-hybridized carbons (Fsp3) is 0.667. The summed E-state index contributed by atoms with van der Waals surface area (Å²) in [4.78, 5) is 10.9. The average molecular weight is 217 g/mol. The Kier molecular flexibility index (Phi) is 3.31. The molecule has 0 aromatic carbocycles. The lowest BCUT2D eigenvalue weighted by molar-refractivity contribution is -0.115. The number of allylic oxidation sites excluding steroid dienone is 2. The molecule has 0 heterocycles. The van der Waals surface area contributed by atoms with Crippen molar-refractivity contribution in [3.05, 3.63) is 11.6 Å². The summed E-state index contributed by atoms with van der Waals surface area (Å²) in [7, 11) is 0. The van der Waals surface area contributed by atoms with Crippen molar-refractivity contribution in [1.29, 1.82) is 0 Å². The lowest BCUT2D eigenvalue weighted by Gasteiger charge is -2.19. The van der Waals surface area contributed by atoms with Gasteiger partial charge in [0.25, 0.3) is 0 Å². The van der Waals surface area contributed by atoms with Gasteiger partial charge in [-0.15, -0.1) is 0 Å². The molecular formula is C9H13BrO. The highest BCUT2D eigenvalue weighted by atomic mass is 79.9. The van der Waals surface area contributed by atoms with Crippen LogP contribution in [-0.4, -0.2) is 11.1 Å². The first-order valence-electron chi connectivity index (χ1n) is 4.01. The van der Waals surface area contributed by atoms with Gasteiger partial charge in [0.15, 0.2) is 5.78 Å². The Labute approximate surface area is 76.0 Å². The van der Waals surface area contributed by atoms with E-state index in [0.29, 0.717) is 11.7 Å². The third-order valence-electron chi connectivity index (χ3n) is 2.23. The predicted molar refractivity (Wildman–Crippen MR) is 49.9 cm³/mol. The number of halogens is 1. The molecule has 0 saturated heterocycles. The molecule has 0 fully saturated rings. The van der Waals surface area contributed by atoms with E-state index in [2.05, 4.69) is 22.9 Å². The molecule has 0 aromatic heterocycles. The molecule has 1 unspecified atom stereocenters. The smallest absolute Gasteiger partial charge is 0.155 e. The van der Waals surface area contributed by atoms with Crippen molar-refractivity contribution in [2.24, 2.45) is 5.92 Å². The van der Waals surface area contributed by atoms with Crippen LogP contribution in [0, 0.1) is 5.92 Å². The van der Waals surface area contributed by atoms with E-state index in [4.69, 9.17) is 0 Å². The molecule has 0 N–H and O–H groups in total. The summed E-state index contributed by atoms with van der Waals surface area (Å²) in [5.74, 6) is 0.945. The topological polar surface area (TPSA) is 17.1 Å². The zero-order valence-electron chi connectivity index (χ0n) is 6.77. The molecule has 0 amide bonds. The molecule has 1 aliphatic rings. The summed E-state index contributed by atoms with van der Waals surface area (Å²) in [6.45, 7) is 2.06. The number of alkyl halides is 1. The van der Waals surface area contributed by atoms with Crippen molar-refractivity contribution in [3.63, 3.8) is 0 Å². The van der Waals surface area contributed by atoms with Gasteiger partial charge in [0.2, 0.25) is 0 Å². The summed E-state index contributed by atoms with van der Waals surface area (Å²) in [6.07, 6.45) is 4.76. The van der Waals surface area contributed by atoms with E-state index < -0.39 is 0 Å². The molecule has 0 aliphatic heterocycles. The molecule has 62 valence electrons. The Morgan fingerprint density at radius 1 is 1.73 bits per heavy atom. The van der Waals surface area contributed by atoms with Gasteiger partial charge in [0.1, 0.15) is 0 Å². The first kappa shape index (κ1) is 8.98. The second-order valence-electron chi connectivity index (χ2n) is 3.07. The maximum atomic E-state index is 10.9. The number of carbonyl (C=O) groups is 1. The van der Waals surface area contributed by atoms with Crippen molar-refractivity contribution in [1.82, 2.24) is 0 Å². The van der Waals surface area contributed by atoms with Gasteiger partial charge in [-0.1, -0.05) is 21.5 Å². The standard InChI is InChI=1S/C9H13BrO/c1-7-6-9(11)3-2-8(7)4-5-10/h6,8H,2-5H2,1H3. The van der Waals surface area contributed by atoms with Crippen molar-refractivity contribution in [2.75, 3.05) is 5.33 Å². The normalized spacial score (nSPS) is 25.1. The van der Waals surface area contributed by atoms with Crippen LogP contribution in [-0.2, 0) is 4.79 Å². The van der Waals surface area contributed by atoms with Gasteiger partial charge in [-0.2, -0.15) is 0 Å². The number of carbonyl (C=O) groups excluding carboxylic acids is 1. The maximum absolute atomic E-state index is 10.9. The van der Waals surface area contributed by atoms with Crippen LogP contribution >= 0.6 is 15.9 Å². The molecule has 0 aromatic rings. The van der Waals surface area contributed by atoms with Gasteiger partial charge in [0.05, 0.1) is 0 Å². The average Bonchev–Trinajstić information content (AvgIpc) is 1.95. The first-order chi connectivity index (χ1) is 5.24. The van der Waals surface area contributed by atoms with Gasteiger partial charge in [-0.05, 0) is 31.8 Å². The van der Waals surface area contributed by atoms with Crippen molar-refractivity contribution < 1.29 is 4.79 Å². The van der Waals surface area contributed by atoms with E-state index in [1.165, 1.54) is 5.57 Å². The van der Waals surface area contributed by atoms with Crippen LogP contribution in [0.4, 0.5) is 0 Å². The van der Waals surface area contributed by atoms with Gasteiger partial charge in [0, 0.05) is 11.8 Å². The Bertz CT molecular complexity index is 184. The third kappa shape index (κ3) is 2.44. The summed E-state index contributed by atoms with van der Waals surface area (Å²) >= 11 is 3.42. The van der Waals surface area contributed by atoms with Gasteiger partial charge in [-0.25, -0.2) is 0 Å². The second kappa shape index (κ2) is 4.05. The minimum atomic E-state index is 0.299. The summed E-state index contributed by atoms with van der Waals surface area (Å²) in [5.41, 5.74) is 1.26. The lowest BCUT2D eigenvalue weighted by atomic mass is 9.86. The second-order valence-corrected chi connectivity index (χ2v) is 3.86. The third-order valence-corrected chi connectivity index (χ3v) is 2.69.